The molecule has 0 aliphatic carbocycles. The maximum atomic E-state index is 10.9. The fraction of sp³-hybridized carbons (Fsp3) is 0.667. The molecule has 2 bridgehead atoms. The summed E-state index contributed by atoms with van der Waals surface area (Å²) in [6.07, 6.45) is 2.05. The second kappa shape index (κ2) is 7.70. The third-order valence-electron chi connectivity index (χ3n) is 5.08. The van der Waals surface area contributed by atoms with Crippen LogP contribution in [-0.4, -0.2) is 67.3 Å². The zero-order valence-corrected chi connectivity index (χ0v) is 14.2. The van der Waals surface area contributed by atoms with Crippen LogP contribution in [0.1, 0.15) is 18.4 Å². The average molecular weight is 337 g/mol. The standard InChI is InChI=1S/C18H27NO5/c1-22-8-9-23-16-2-3-17(14(10-16)11-20)24-13-18(21)12-19-6-4-15(18)5-7-19/h2-3,10,15,20-21H,4-9,11-13H2,1H3. The monoisotopic (exact) mass is 337 g/mol. The van der Waals surface area contributed by atoms with Crippen LogP contribution in [0.3, 0.4) is 0 Å². The van der Waals surface area contributed by atoms with Crippen molar-refractivity contribution in [2.24, 2.45) is 5.92 Å². The van der Waals surface area contributed by atoms with E-state index in [4.69, 9.17) is 14.2 Å². The molecule has 1 unspecified atom stereocenters. The fourth-order valence-electron chi connectivity index (χ4n) is 3.66. The number of aliphatic hydroxyl groups excluding tert-OH is 1. The Morgan fingerprint density at radius 1 is 1.21 bits per heavy atom. The molecular weight excluding hydrogens is 310 g/mol. The van der Waals surface area contributed by atoms with Crippen molar-refractivity contribution in [1.29, 1.82) is 0 Å². The number of piperidine rings is 3. The number of hydrogen-bond acceptors (Lipinski definition) is 6. The molecule has 3 fully saturated rings. The van der Waals surface area contributed by atoms with Gasteiger partial charge in [0.05, 0.1) is 13.2 Å². The van der Waals surface area contributed by atoms with Gasteiger partial charge in [-0.25, -0.2) is 0 Å². The SMILES string of the molecule is COCCOc1ccc(OCC2(O)CN3CCC2CC3)c(CO)c1. The van der Waals surface area contributed by atoms with Crippen molar-refractivity contribution in [3.63, 3.8) is 0 Å². The molecule has 1 aromatic carbocycles. The van der Waals surface area contributed by atoms with E-state index < -0.39 is 5.60 Å². The first kappa shape index (κ1) is 17.5. The van der Waals surface area contributed by atoms with E-state index in [9.17, 15) is 10.2 Å². The summed E-state index contributed by atoms with van der Waals surface area (Å²) in [5.41, 5.74) is -0.133. The minimum absolute atomic E-state index is 0.134. The largest absolute Gasteiger partial charge is 0.491 e. The number of rotatable bonds is 8. The van der Waals surface area contributed by atoms with E-state index in [2.05, 4.69) is 4.90 Å². The first-order chi connectivity index (χ1) is 11.6. The normalized spacial score (nSPS) is 28.8. The second-order valence-corrected chi connectivity index (χ2v) is 6.71. The van der Waals surface area contributed by atoms with Crippen molar-refractivity contribution in [3.8, 4) is 11.5 Å². The molecular formula is C18H27NO5. The lowest BCUT2D eigenvalue weighted by molar-refractivity contribution is -0.131. The van der Waals surface area contributed by atoms with Crippen molar-refractivity contribution in [3.05, 3.63) is 23.8 Å². The molecule has 0 radical (unpaired) electrons. The van der Waals surface area contributed by atoms with Crippen LogP contribution in [0, 0.1) is 5.92 Å². The van der Waals surface area contributed by atoms with Gasteiger partial charge in [0.15, 0.2) is 0 Å². The number of fused-ring (bicyclic) bond motifs is 3. The summed E-state index contributed by atoms with van der Waals surface area (Å²) in [4.78, 5) is 2.29. The molecule has 134 valence electrons. The van der Waals surface area contributed by atoms with Gasteiger partial charge in [0.1, 0.15) is 30.3 Å². The molecule has 3 aliphatic rings. The number of aliphatic hydroxyl groups is 2. The molecule has 2 N–H and O–H groups in total. The van der Waals surface area contributed by atoms with Gasteiger partial charge in [-0.3, -0.25) is 0 Å². The Labute approximate surface area is 142 Å². The molecule has 0 saturated carbocycles. The molecule has 6 nitrogen and oxygen atoms in total. The summed E-state index contributed by atoms with van der Waals surface area (Å²) in [5.74, 6) is 1.57. The maximum absolute atomic E-state index is 10.9. The molecule has 4 rings (SSSR count). The second-order valence-electron chi connectivity index (χ2n) is 6.71. The Hall–Kier alpha value is -1.34. The summed E-state index contributed by atoms with van der Waals surface area (Å²) >= 11 is 0. The van der Waals surface area contributed by atoms with Crippen molar-refractivity contribution >= 4 is 0 Å². The van der Waals surface area contributed by atoms with E-state index in [0.29, 0.717) is 42.7 Å². The van der Waals surface area contributed by atoms with E-state index >= 15 is 0 Å². The highest BCUT2D eigenvalue weighted by molar-refractivity contribution is 5.40. The minimum atomic E-state index is -0.795. The van der Waals surface area contributed by atoms with Gasteiger partial charge in [0.25, 0.3) is 0 Å². The maximum Gasteiger partial charge on any atom is 0.125 e. The Kier molecular flexibility index (Phi) is 5.61. The van der Waals surface area contributed by atoms with Crippen LogP contribution in [0.2, 0.25) is 0 Å². The highest BCUT2D eigenvalue weighted by Crippen LogP contribution is 2.36. The van der Waals surface area contributed by atoms with Crippen LogP contribution < -0.4 is 9.47 Å². The minimum Gasteiger partial charge on any atom is -0.491 e. The van der Waals surface area contributed by atoms with Crippen LogP contribution in [0.15, 0.2) is 18.2 Å². The summed E-state index contributed by atoms with van der Waals surface area (Å²) in [6.45, 7) is 3.90. The number of ether oxygens (including phenoxy) is 3. The highest BCUT2D eigenvalue weighted by Gasteiger charge is 2.46. The summed E-state index contributed by atoms with van der Waals surface area (Å²) in [6, 6.07) is 5.37. The fourth-order valence-corrected chi connectivity index (χ4v) is 3.66. The van der Waals surface area contributed by atoms with Gasteiger partial charge in [-0.2, -0.15) is 0 Å². The summed E-state index contributed by atoms with van der Waals surface area (Å²) in [7, 11) is 1.62. The zero-order valence-electron chi connectivity index (χ0n) is 14.2. The number of hydrogen-bond donors (Lipinski definition) is 2. The van der Waals surface area contributed by atoms with Gasteiger partial charge >= 0.3 is 0 Å². The number of nitrogens with zero attached hydrogens (tertiary/aromatic N) is 1. The smallest absolute Gasteiger partial charge is 0.125 e. The Morgan fingerprint density at radius 3 is 2.62 bits per heavy atom. The molecule has 3 aliphatic heterocycles. The molecule has 6 heteroatoms. The molecule has 1 atom stereocenters. The van der Waals surface area contributed by atoms with Crippen molar-refractivity contribution < 1.29 is 24.4 Å². The molecule has 1 aromatic rings. The summed E-state index contributed by atoms with van der Waals surface area (Å²) in [5, 5.41) is 20.5. The van der Waals surface area contributed by atoms with Crippen molar-refractivity contribution in [1.82, 2.24) is 4.90 Å². The third-order valence-corrected chi connectivity index (χ3v) is 5.08. The lowest BCUT2D eigenvalue weighted by atomic mass is 9.76. The third kappa shape index (κ3) is 3.83. The Morgan fingerprint density at radius 2 is 2.00 bits per heavy atom. The van der Waals surface area contributed by atoms with Crippen LogP contribution >= 0.6 is 0 Å². The lowest BCUT2D eigenvalue weighted by Crippen LogP contribution is -2.61. The molecule has 0 amide bonds. The van der Waals surface area contributed by atoms with Gasteiger partial charge in [-0.05, 0) is 50.0 Å². The number of methoxy groups -OCH3 is 1. The first-order valence-electron chi connectivity index (χ1n) is 8.57. The predicted molar refractivity (Wildman–Crippen MR) is 89.3 cm³/mol. The van der Waals surface area contributed by atoms with Crippen molar-refractivity contribution in [2.45, 2.75) is 25.0 Å². The molecule has 3 saturated heterocycles. The van der Waals surface area contributed by atoms with Gasteiger partial charge in [-0.1, -0.05) is 0 Å². The van der Waals surface area contributed by atoms with Crippen LogP contribution in [-0.2, 0) is 11.3 Å². The van der Waals surface area contributed by atoms with E-state index in [1.54, 1.807) is 19.2 Å². The first-order valence-corrected chi connectivity index (χ1v) is 8.57. The van der Waals surface area contributed by atoms with Gasteiger partial charge in [0.2, 0.25) is 0 Å². The van der Waals surface area contributed by atoms with E-state index in [1.165, 1.54) is 0 Å². The number of benzene rings is 1. The van der Waals surface area contributed by atoms with Gasteiger partial charge in [0, 0.05) is 19.2 Å². The van der Waals surface area contributed by atoms with Gasteiger partial charge < -0.3 is 29.3 Å². The Bertz CT molecular complexity index is 544. The molecule has 0 aromatic heterocycles. The van der Waals surface area contributed by atoms with Gasteiger partial charge in [-0.15, -0.1) is 0 Å². The summed E-state index contributed by atoms with van der Waals surface area (Å²) < 4.78 is 16.4. The Balaban J connectivity index is 1.62. The van der Waals surface area contributed by atoms with Crippen LogP contribution in [0.5, 0.6) is 11.5 Å². The van der Waals surface area contributed by atoms with E-state index in [0.717, 1.165) is 25.9 Å². The molecule has 24 heavy (non-hydrogen) atoms. The van der Waals surface area contributed by atoms with E-state index in [1.807, 2.05) is 6.07 Å². The molecule has 0 spiro atoms. The molecule has 3 heterocycles. The topological polar surface area (TPSA) is 71.4 Å². The highest BCUT2D eigenvalue weighted by atomic mass is 16.5. The zero-order chi connectivity index (χ0) is 17.0. The predicted octanol–water partition coefficient (Wildman–Crippen LogP) is 1.04. The quantitative estimate of drug-likeness (QED) is 0.691. The van der Waals surface area contributed by atoms with Crippen molar-refractivity contribution in [2.75, 3.05) is 46.6 Å². The van der Waals surface area contributed by atoms with Crippen LogP contribution in [0.25, 0.3) is 0 Å². The van der Waals surface area contributed by atoms with E-state index in [-0.39, 0.29) is 13.2 Å². The lowest BCUT2D eigenvalue weighted by Gasteiger charge is -2.50. The average Bonchev–Trinajstić information content (AvgIpc) is 2.61. The van der Waals surface area contributed by atoms with Crippen LogP contribution in [0.4, 0.5) is 0 Å².